The lowest BCUT2D eigenvalue weighted by atomic mass is 10.1. The summed E-state index contributed by atoms with van der Waals surface area (Å²) in [4.78, 5) is 23.6. The fourth-order valence-corrected chi connectivity index (χ4v) is 3.25. The van der Waals surface area contributed by atoms with Crippen molar-refractivity contribution in [2.45, 2.75) is 46.6 Å². The van der Waals surface area contributed by atoms with Crippen LogP contribution in [0.25, 0.3) is 0 Å². The molecule has 1 aromatic heterocycles. The molecule has 0 radical (unpaired) electrons. The van der Waals surface area contributed by atoms with Crippen molar-refractivity contribution in [3.8, 4) is 6.07 Å². The molecule has 1 N–H and O–H groups in total. The molecule has 0 spiro atoms. The molecule has 1 heterocycles. The van der Waals surface area contributed by atoms with Crippen LogP contribution in [-0.4, -0.2) is 37.8 Å². The lowest BCUT2D eigenvalue weighted by Gasteiger charge is -2.11. The van der Waals surface area contributed by atoms with Crippen molar-refractivity contribution in [1.82, 2.24) is 10.2 Å². The van der Waals surface area contributed by atoms with Crippen LogP contribution in [0.2, 0.25) is 0 Å². The number of carbonyl (C=O) groups is 1. The fourth-order valence-electron chi connectivity index (χ4n) is 2.22. The van der Waals surface area contributed by atoms with Gasteiger partial charge in [0.1, 0.15) is 11.8 Å². The molecule has 0 bridgehead atoms. The van der Waals surface area contributed by atoms with E-state index in [1.54, 1.807) is 12.6 Å². The molecule has 7 heteroatoms. The van der Waals surface area contributed by atoms with Gasteiger partial charge in [-0.25, -0.2) is 4.99 Å². The highest BCUT2D eigenvalue weighted by Crippen LogP contribution is 2.35. The van der Waals surface area contributed by atoms with E-state index in [-0.39, 0.29) is 5.70 Å². The van der Waals surface area contributed by atoms with E-state index in [0.29, 0.717) is 23.5 Å². The van der Waals surface area contributed by atoms with E-state index in [4.69, 9.17) is 5.26 Å². The van der Waals surface area contributed by atoms with Gasteiger partial charge in [-0.2, -0.15) is 5.26 Å². The first-order valence-electron chi connectivity index (χ1n) is 9.77. The molecule has 0 unspecified atom stereocenters. The van der Waals surface area contributed by atoms with E-state index in [1.165, 1.54) is 11.3 Å². The third kappa shape index (κ3) is 10.6. The summed E-state index contributed by atoms with van der Waals surface area (Å²) in [7, 11) is 3.93. The Kier molecular flexibility index (Phi) is 14.5. The number of allylic oxidation sites excluding steroid dienone is 4. The Morgan fingerprint density at radius 2 is 2.00 bits per heavy atom. The Balaban J connectivity index is 0.00000192. The number of nitrogens with zero attached hydrogens (tertiary/aromatic N) is 4. The van der Waals surface area contributed by atoms with E-state index in [9.17, 15) is 4.79 Å². The second kappa shape index (κ2) is 16.0. The van der Waals surface area contributed by atoms with Gasteiger partial charge < -0.3 is 10.2 Å². The molecule has 0 aliphatic carbocycles. The van der Waals surface area contributed by atoms with Crippen molar-refractivity contribution < 1.29 is 4.79 Å². The first-order valence-corrected chi connectivity index (χ1v) is 10.6. The maximum atomic E-state index is 11.5. The van der Waals surface area contributed by atoms with Crippen LogP contribution in [0.3, 0.4) is 0 Å². The van der Waals surface area contributed by atoms with E-state index in [2.05, 4.69) is 48.4 Å². The average molecular weight is 428 g/mol. The largest absolute Gasteiger partial charge is 0.350 e. The molecule has 1 aromatic rings. The Bertz CT molecular complexity index is 825. The van der Waals surface area contributed by atoms with Crippen molar-refractivity contribution in [3.63, 3.8) is 0 Å². The molecule has 0 aliphatic heterocycles. The summed E-state index contributed by atoms with van der Waals surface area (Å²) in [5.41, 5.74) is 2.84. The first kappa shape index (κ1) is 27.2. The molecular formula is C23H33N5OS. The first-order chi connectivity index (χ1) is 14.3. The van der Waals surface area contributed by atoms with Crippen LogP contribution in [0.1, 0.15) is 53.7 Å². The number of nitrogens with one attached hydrogen (secondary N) is 1. The fraction of sp³-hybridized carbons (Fsp3) is 0.391. The lowest BCUT2D eigenvalue weighted by molar-refractivity contribution is 0.112. The Labute approximate surface area is 185 Å². The zero-order valence-electron chi connectivity index (χ0n) is 18.7. The van der Waals surface area contributed by atoms with Gasteiger partial charge in [-0.3, -0.25) is 9.79 Å². The monoisotopic (exact) mass is 427 g/mol. The van der Waals surface area contributed by atoms with Crippen molar-refractivity contribution in [3.05, 3.63) is 52.0 Å². The third-order valence-corrected chi connectivity index (χ3v) is 4.78. The third-order valence-electron chi connectivity index (χ3n) is 3.61. The van der Waals surface area contributed by atoms with Crippen LogP contribution in [0.5, 0.6) is 0 Å². The second-order valence-corrected chi connectivity index (χ2v) is 7.68. The number of aldehydes is 1. The minimum atomic E-state index is 0.159. The highest BCUT2D eigenvalue weighted by Gasteiger charge is 2.17. The Hall–Kier alpha value is -2.82. The molecule has 0 fully saturated rings. The minimum Gasteiger partial charge on any atom is -0.350 e. The quantitative estimate of drug-likeness (QED) is 0.168. The highest BCUT2D eigenvalue weighted by atomic mass is 32.1. The van der Waals surface area contributed by atoms with Crippen LogP contribution in [0, 0.1) is 11.3 Å². The summed E-state index contributed by atoms with van der Waals surface area (Å²) in [5.74, 6) is 0. The standard InChI is InChI=1S/C19H25N5OS.C4H8/c1-6-7-14(2)22-13-23-19-16(11-24(4)5)17(26-18(19)12-25)8-9-21-15(3)10-20;1-3-4-2/h7,9,12-13H,3,6,8,11H2,1-2,4-5H3,(H,22,23);3H,1,4H2,2H3/b14-7+,21-9?;. The predicted molar refractivity (Wildman–Crippen MR) is 130 cm³/mol. The van der Waals surface area contributed by atoms with Gasteiger partial charge >= 0.3 is 0 Å². The van der Waals surface area contributed by atoms with Crippen LogP contribution in [0.4, 0.5) is 5.69 Å². The SMILES string of the molecule is C=C(C#N)N=CCc1sc(C=O)c(N=CN/C(C)=C/CC)c1CN(C)C.C=CCC. The van der Waals surface area contributed by atoms with Gasteiger partial charge in [-0.15, -0.1) is 17.9 Å². The summed E-state index contributed by atoms with van der Waals surface area (Å²) in [6.45, 7) is 13.8. The number of aliphatic imine (C=N–C) groups is 2. The molecule has 6 nitrogen and oxygen atoms in total. The average Bonchev–Trinajstić information content (AvgIpc) is 3.04. The molecule has 162 valence electrons. The predicted octanol–water partition coefficient (Wildman–Crippen LogP) is 5.42. The van der Waals surface area contributed by atoms with Crippen LogP contribution < -0.4 is 5.32 Å². The summed E-state index contributed by atoms with van der Waals surface area (Å²) in [5, 5.41) is 11.8. The molecule has 0 amide bonds. The normalized spacial score (nSPS) is 11.3. The van der Waals surface area contributed by atoms with Gasteiger partial charge in [0.25, 0.3) is 0 Å². The molecule has 30 heavy (non-hydrogen) atoms. The second-order valence-electron chi connectivity index (χ2n) is 6.54. The number of rotatable bonds is 11. The van der Waals surface area contributed by atoms with Crippen LogP contribution in [-0.2, 0) is 13.0 Å². The maximum absolute atomic E-state index is 11.5. The van der Waals surface area contributed by atoms with Gasteiger partial charge in [-0.1, -0.05) is 32.6 Å². The van der Waals surface area contributed by atoms with Crippen molar-refractivity contribution in [1.29, 1.82) is 5.26 Å². The number of nitriles is 1. The van der Waals surface area contributed by atoms with Crippen molar-refractivity contribution >= 4 is 35.9 Å². The molecule has 0 aliphatic rings. The number of hydrogen-bond acceptors (Lipinski definition) is 6. The van der Waals surface area contributed by atoms with Crippen molar-refractivity contribution in [2.24, 2.45) is 9.98 Å². The molecule has 0 aromatic carbocycles. The smallest absolute Gasteiger partial charge is 0.162 e. The molecule has 0 saturated heterocycles. The summed E-state index contributed by atoms with van der Waals surface area (Å²) in [6.07, 6.45) is 10.6. The topological polar surface area (TPSA) is 80.8 Å². The van der Waals surface area contributed by atoms with Gasteiger partial charge in [0, 0.05) is 35.3 Å². The number of thiophene rings is 1. The van der Waals surface area contributed by atoms with E-state index in [1.807, 2.05) is 38.1 Å². The summed E-state index contributed by atoms with van der Waals surface area (Å²) < 4.78 is 0. The minimum absolute atomic E-state index is 0.159. The van der Waals surface area contributed by atoms with Gasteiger partial charge in [0.15, 0.2) is 6.29 Å². The highest BCUT2D eigenvalue weighted by molar-refractivity contribution is 7.14. The Morgan fingerprint density at radius 3 is 2.50 bits per heavy atom. The molecular weight excluding hydrogens is 394 g/mol. The zero-order valence-corrected chi connectivity index (χ0v) is 19.6. The Morgan fingerprint density at radius 1 is 1.33 bits per heavy atom. The molecule has 0 atom stereocenters. The van der Waals surface area contributed by atoms with Gasteiger partial charge in [0.05, 0.1) is 16.9 Å². The number of hydrogen-bond donors (Lipinski definition) is 1. The summed E-state index contributed by atoms with van der Waals surface area (Å²) >= 11 is 1.40. The summed E-state index contributed by atoms with van der Waals surface area (Å²) in [6, 6.07) is 1.88. The molecule has 1 rings (SSSR count). The van der Waals surface area contributed by atoms with Crippen molar-refractivity contribution in [2.75, 3.05) is 14.1 Å². The van der Waals surface area contributed by atoms with E-state index in [0.717, 1.165) is 35.3 Å². The van der Waals surface area contributed by atoms with E-state index < -0.39 is 0 Å². The van der Waals surface area contributed by atoms with Crippen LogP contribution >= 0.6 is 11.3 Å². The van der Waals surface area contributed by atoms with E-state index >= 15 is 0 Å². The zero-order chi connectivity index (χ0) is 22.9. The molecule has 0 saturated carbocycles. The maximum Gasteiger partial charge on any atom is 0.162 e. The van der Waals surface area contributed by atoms with Gasteiger partial charge in [0.2, 0.25) is 0 Å². The van der Waals surface area contributed by atoms with Crippen LogP contribution in [0.15, 0.2) is 46.7 Å². The lowest BCUT2D eigenvalue weighted by Crippen LogP contribution is -2.12. The van der Waals surface area contributed by atoms with Gasteiger partial charge in [-0.05, 0) is 33.9 Å². The number of carbonyl (C=O) groups excluding carboxylic acids is 1.